The predicted octanol–water partition coefficient (Wildman–Crippen LogP) is -0.727. The molecule has 0 aliphatic carbocycles. The third kappa shape index (κ3) is 2.59. The Morgan fingerprint density at radius 2 is 1.93 bits per heavy atom. The second kappa shape index (κ2) is 4.80. The van der Waals surface area contributed by atoms with Gasteiger partial charge in [0, 0.05) is 13.2 Å². The lowest BCUT2D eigenvalue weighted by atomic mass is 10.1. The molecule has 1 aromatic rings. The van der Waals surface area contributed by atoms with Gasteiger partial charge in [-0.15, -0.1) is 0 Å². The molecule has 1 heterocycles. The van der Waals surface area contributed by atoms with Crippen LogP contribution >= 0.6 is 0 Å². The maximum Gasteiger partial charge on any atom is 0.344 e. The van der Waals surface area contributed by atoms with E-state index in [1.807, 2.05) is 6.92 Å². The maximum atomic E-state index is 11.0. The van der Waals surface area contributed by atoms with Gasteiger partial charge in [-0.25, -0.2) is 24.4 Å². The van der Waals surface area contributed by atoms with Crippen LogP contribution in [-0.4, -0.2) is 26.5 Å². The molecule has 0 bridgehead atoms. The van der Waals surface area contributed by atoms with Crippen LogP contribution in [-0.2, 0) is 6.54 Å². The lowest BCUT2D eigenvalue weighted by Gasteiger charge is -2.05. The molecule has 0 amide bonds. The molecule has 0 aromatic carbocycles. The van der Waals surface area contributed by atoms with Gasteiger partial charge in [0.05, 0.1) is 0 Å². The number of aromatic nitrogens is 3. The monoisotopic (exact) mass is 201 g/mol. The first-order valence-electron chi connectivity index (χ1n) is 4.63. The third-order valence-electron chi connectivity index (χ3n) is 2.16. The van der Waals surface area contributed by atoms with Gasteiger partial charge < -0.3 is 5.11 Å². The molecule has 0 radical (unpaired) electrons. The second-order valence-electron chi connectivity index (χ2n) is 3.44. The summed E-state index contributed by atoms with van der Waals surface area (Å²) in [6, 6.07) is 0. The molecule has 80 valence electrons. The maximum absolute atomic E-state index is 11.0. The lowest BCUT2D eigenvalue weighted by molar-refractivity contribution is 0.226. The SMILES string of the molecule is CC(CO)CCCn1c(=O)[nH][nH]c1=O. The Morgan fingerprint density at radius 1 is 1.36 bits per heavy atom. The first-order valence-corrected chi connectivity index (χ1v) is 4.63. The van der Waals surface area contributed by atoms with Gasteiger partial charge in [0.15, 0.2) is 0 Å². The molecule has 14 heavy (non-hydrogen) atoms. The quantitative estimate of drug-likeness (QED) is 0.586. The summed E-state index contributed by atoms with van der Waals surface area (Å²) in [4.78, 5) is 22.0. The van der Waals surface area contributed by atoms with Gasteiger partial charge >= 0.3 is 11.4 Å². The van der Waals surface area contributed by atoms with Gasteiger partial charge in [-0.2, -0.15) is 0 Å². The van der Waals surface area contributed by atoms with E-state index in [4.69, 9.17) is 5.11 Å². The summed E-state index contributed by atoms with van der Waals surface area (Å²) in [7, 11) is 0. The first-order chi connectivity index (χ1) is 6.65. The van der Waals surface area contributed by atoms with E-state index in [9.17, 15) is 9.59 Å². The number of aliphatic hydroxyl groups excluding tert-OH is 1. The highest BCUT2D eigenvalue weighted by Crippen LogP contribution is 2.03. The summed E-state index contributed by atoms with van der Waals surface area (Å²) in [5.74, 6) is 0.212. The van der Waals surface area contributed by atoms with Crippen molar-refractivity contribution < 1.29 is 5.11 Å². The molecule has 3 N–H and O–H groups in total. The van der Waals surface area contributed by atoms with Crippen molar-refractivity contribution in [3.05, 3.63) is 21.0 Å². The Labute approximate surface area is 80.6 Å². The van der Waals surface area contributed by atoms with Crippen molar-refractivity contribution >= 4 is 0 Å². The summed E-state index contributed by atoms with van der Waals surface area (Å²) >= 11 is 0. The van der Waals surface area contributed by atoms with Gasteiger partial charge in [-0.1, -0.05) is 6.92 Å². The van der Waals surface area contributed by atoms with Crippen LogP contribution in [0.15, 0.2) is 9.59 Å². The third-order valence-corrected chi connectivity index (χ3v) is 2.16. The second-order valence-corrected chi connectivity index (χ2v) is 3.44. The van der Waals surface area contributed by atoms with Gasteiger partial charge in [0.1, 0.15) is 0 Å². The zero-order chi connectivity index (χ0) is 10.6. The molecule has 6 heteroatoms. The Hall–Kier alpha value is -1.30. The number of nitrogens with one attached hydrogen (secondary N) is 2. The fraction of sp³-hybridized carbons (Fsp3) is 0.750. The fourth-order valence-electron chi connectivity index (χ4n) is 1.23. The molecule has 1 aromatic heterocycles. The van der Waals surface area contributed by atoms with E-state index < -0.39 is 11.4 Å². The fourth-order valence-corrected chi connectivity index (χ4v) is 1.23. The summed E-state index contributed by atoms with van der Waals surface area (Å²) in [6.07, 6.45) is 1.51. The Kier molecular flexibility index (Phi) is 3.70. The van der Waals surface area contributed by atoms with Crippen LogP contribution in [0.3, 0.4) is 0 Å². The minimum Gasteiger partial charge on any atom is -0.396 e. The van der Waals surface area contributed by atoms with Gasteiger partial charge in [0.25, 0.3) is 0 Å². The number of nitrogens with zero attached hydrogens (tertiary/aromatic N) is 1. The van der Waals surface area contributed by atoms with Crippen LogP contribution in [0.1, 0.15) is 19.8 Å². The Morgan fingerprint density at radius 3 is 2.43 bits per heavy atom. The van der Waals surface area contributed by atoms with E-state index in [0.717, 1.165) is 11.0 Å². The molecule has 0 fully saturated rings. The normalized spacial score (nSPS) is 13.0. The standard InChI is InChI=1S/C8H15N3O3/c1-6(5-12)3-2-4-11-7(13)9-10-8(11)14/h6,12H,2-5H2,1H3,(H,9,13)(H,10,14). The number of hydrogen-bond donors (Lipinski definition) is 3. The van der Waals surface area contributed by atoms with Crippen LogP contribution < -0.4 is 11.4 Å². The molecule has 1 atom stereocenters. The lowest BCUT2D eigenvalue weighted by Crippen LogP contribution is -2.26. The number of rotatable bonds is 5. The molecule has 0 spiro atoms. The van der Waals surface area contributed by atoms with Crippen LogP contribution in [0.25, 0.3) is 0 Å². The molecule has 0 aliphatic heterocycles. The van der Waals surface area contributed by atoms with Crippen LogP contribution in [0.4, 0.5) is 0 Å². The van der Waals surface area contributed by atoms with Crippen LogP contribution in [0.5, 0.6) is 0 Å². The molecule has 0 saturated heterocycles. The highest BCUT2D eigenvalue weighted by molar-refractivity contribution is 4.65. The molecule has 0 saturated carbocycles. The van der Waals surface area contributed by atoms with E-state index in [2.05, 4.69) is 10.2 Å². The van der Waals surface area contributed by atoms with Crippen molar-refractivity contribution in [2.75, 3.05) is 6.61 Å². The van der Waals surface area contributed by atoms with Crippen LogP contribution in [0, 0.1) is 5.92 Å². The molecule has 6 nitrogen and oxygen atoms in total. The van der Waals surface area contributed by atoms with E-state index in [0.29, 0.717) is 13.0 Å². The highest BCUT2D eigenvalue weighted by atomic mass is 16.3. The largest absolute Gasteiger partial charge is 0.396 e. The highest BCUT2D eigenvalue weighted by Gasteiger charge is 2.04. The van der Waals surface area contributed by atoms with Crippen molar-refractivity contribution in [1.82, 2.24) is 14.8 Å². The van der Waals surface area contributed by atoms with Gasteiger partial charge in [0.2, 0.25) is 0 Å². The topological polar surface area (TPSA) is 90.9 Å². The van der Waals surface area contributed by atoms with E-state index >= 15 is 0 Å². The first kappa shape index (κ1) is 10.8. The van der Waals surface area contributed by atoms with Gasteiger partial charge in [-0.3, -0.25) is 0 Å². The summed E-state index contributed by atoms with van der Waals surface area (Å²) in [6.45, 7) is 2.45. The Balaban J connectivity index is 2.46. The van der Waals surface area contributed by atoms with Crippen LogP contribution in [0.2, 0.25) is 0 Å². The van der Waals surface area contributed by atoms with E-state index in [1.54, 1.807) is 0 Å². The van der Waals surface area contributed by atoms with E-state index in [-0.39, 0.29) is 12.5 Å². The minimum absolute atomic E-state index is 0.137. The predicted molar refractivity (Wildman–Crippen MR) is 51.2 cm³/mol. The molecular weight excluding hydrogens is 186 g/mol. The summed E-state index contributed by atoms with van der Waals surface area (Å²) < 4.78 is 1.12. The molecule has 1 rings (SSSR count). The number of H-pyrrole nitrogens is 2. The average Bonchev–Trinajstić information content (AvgIpc) is 2.48. The van der Waals surface area contributed by atoms with Crippen molar-refractivity contribution in [3.8, 4) is 0 Å². The smallest absolute Gasteiger partial charge is 0.344 e. The van der Waals surface area contributed by atoms with Crippen molar-refractivity contribution in [2.24, 2.45) is 5.92 Å². The van der Waals surface area contributed by atoms with E-state index in [1.165, 1.54) is 0 Å². The summed E-state index contributed by atoms with van der Waals surface area (Å²) in [5.41, 5.74) is -0.821. The zero-order valence-corrected chi connectivity index (χ0v) is 8.12. The van der Waals surface area contributed by atoms with Crippen molar-refractivity contribution in [1.29, 1.82) is 0 Å². The van der Waals surface area contributed by atoms with Crippen molar-refractivity contribution in [2.45, 2.75) is 26.3 Å². The van der Waals surface area contributed by atoms with Crippen molar-refractivity contribution in [3.63, 3.8) is 0 Å². The number of aliphatic hydroxyl groups is 1. The minimum atomic E-state index is -0.411. The zero-order valence-electron chi connectivity index (χ0n) is 8.12. The Bertz CT molecular complexity index is 348. The molecule has 1 unspecified atom stereocenters. The average molecular weight is 201 g/mol. The van der Waals surface area contributed by atoms with Gasteiger partial charge in [-0.05, 0) is 18.8 Å². The molecule has 0 aliphatic rings. The number of hydrogen-bond acceptors (Lipinski definition) is 3. The summed E-state index contributed by atoms with van der Waals surface area (Å²) in [5, 5.41) is 13.2. The number of aromatic amines is 2. The molecular formula is C8H15N3O3.